The third-order valence-corrected chi connectivity index (χ3v) is 5.65. The van der Waals surface area contributed by atoms with Gasteiger partial charge in [-0.1, -0.05) is 11.3 Å². The van der Waals surface area contributed by atoms with Crippen LogP contribution in [0.2, 0.25) is 0 Å². The molecule has 1 amide bonds. The number of aromatic nitrogens is 2. The van der Waals surface area contributed by atoms with Gasteiger partial charge in [0.25, 0.3) is 5.91 Å². The molecular weight excluding hydrogens is 424 g/mol. The van der Waals surface area contributed by atoms with Crippen LogP contribution in [0.3, 0.4) is 0 Å². The summed E-state index contributed by atoms with van der Waals surface area (Å²) in [5, 5.41) is 6.57. The number of fused-ring (bicyclic) bond motifs is 1. The number of carbonyl (C=O) groups is 1. The van der Waals surface area contributed by atoms with E-state index in [2.05, 4.69) is 25.3 Å². The van der Waals surface area contributed by atoms with Gasteiger partial charge in [-0.3, -0.25) is 4.79 Å². The molecule has 1 fully saturated rings. The van der Waals surface area contributed by atoms with E-state index < -0.39 is 23.7 Å². The monoisotopic (exact) mass is 440 g/mol. The van der Waals surface area contributed by atoms with Crippen molar-refractivity contribution in [3.63, 3.8) is 0 Å². The Morgan fingerprint density at radius 1 is 1.20 bits per heavy atom. The largest absolute Gasteiger partial charge is 0.573 e. The summed E-state index contributed by atoms with van der Waals surface area (Å²) in [4.78, 5) is 20.7. The van der Waals surface area contributed by atoms with Crippen molar-refractivity contribution in [1.82, 2.24) is 15.3 Å². The van der Waals surface area contributed by atoms with Crippen LogP contribution >= 0.6 is 11.3 Å². The molecule has 11 heteroatoms. The average Bonchev–Trinajstić information content (AvgIpc) is 3.27. The number of halogens is 4. The predicted octanol–water partition coefficient (Wildman–Crippen LogP) is 4.49. The van der Waals surface area contributed by atoms with Gasteiger partial charge in [-0.05, 0) is 49.6 Å². The van der Waals surface area contributed by atoms with Crippen LogP contribution < -0.4 is 15.4 Å². The summed E-state index contributed by atoms with van der Waals surface area (Å²) >= 11 is 1.29. The highest BCUT2D eigenvalue weighted by atomic mass is 32.1. The molecule has 2 N–H and O–H groups in total. The molecule has 0 radical (unpaired) electrons. The zero-order valence-electron chi connectivity index (χ0n) is 15.4. The van der Waals surface area contributed by atoms with Gasteiger partial charge in [0.15, 0.2) is 16.6 Å². The summed E-state index contributed by atoms with van der Waals surface area (Å²) in [5.41, 5.74) is 0.223. The lowest BCUT2D eigenvalue weighted by molar-refractivity contribution is -0.274. The van der Waals surface area contributed by atoms with Crippen molar-refractivity contribution in [1.29, 1.82) is 0 Å². The highest BCUT2D eigenvalue weighted by Crippen LogP contribution is 2.30. The second kappa shape index (κ2) is 8.05. The smallest absolute Gasteiger partial charge is 0.403 e. The Kier molecular flexibility index (Phi) is 5.46. The van der Waals surface area contributed by atoms with Gasteiger partial charge in [0.05, 0.1) is 10.2 Å². The predicted molar refractivity (Wildman–Crippen MR) is 103 cm³/mol. The molecule has 6 nitrogen and oxygen atoms in total. The molecule has 30 heavy (non-hydrogen) atoms. The molecule has 1 aliphatic carbocycles. The Balaban J connectivity index is 1.47. The number of anilines is 1. The molecule has 0 unspecified atom stereocenters. The van der Waals surface area contributed by atoms with Crippen LogP contribution in [0, 0.1) is 5.82 Å². The van der Waals surface area contributed by atoms with E-state index in [0.29, 0.717) is 21.8 Å². The Hall–Kier alpha value is -2.95. The van der Waals surface area contributed by atoms with Gasteiger partial charge in [0.2, 0.25) is 0 Å². The van der Waals surface area contributed by atoms with E-state index in [4.69, 9.17) is 0 Å². The normalized spacial score (nSPS) is 19.1. The maximum Gasteiger partial charge on any atom is 0.573 e. The number of hydrogen-bond donors (Lipinski definition) is 2. The third-order valence-electron chi connectivity index (χ3n) is 4.70. The molecule has 0 bridgehead atoms. The van der Waals surface area contributed by atoms with Gasteiger partial charge >= 0.3 is 6.36 Å². The minimum Gasteiger partial charge on any atom is -0.403 e. The molecule has 0 saturated heterocycles. The SMILES string of the molecule is O=C(N[C@H]1CCC[C@@H]1Nc1nc2ccc(F)cc2s1)c1ncccc1OC(F)(F)F. The fraction of sp³-hybridized carbons (Fsp3) is 0.316. The Morgan fingerprint density at radius 3 is 2.80 bits per heavy atom. The maximum absolute atomic E-state index is 13.4. The first-order valence-corrected chi connectivity index (χ1v) is 9.94. The summed E-state index contributed by atoms with van der Waals surface area (Å²) in [6.45, 7) is 0. The summed E-state index contributed by atoms with van der Waals surface area (Å²) in [7, 11) is 0. The van der Waals surface area contributed by atoms with Crippen LogP contribution in [0.1, 0.15) is 29.8 Å². The molecule has 3 aromatic rings. The van der Waals surface area contributed by atoms with Gasteiger partial charge in [0.1, 0.15) is 5.82 Å². The maximum atomic E-state index is 13.4. The Morgan fingerprint density at radius 2 is 2.00 bits per heavy atom. The highest BCUT2D eigenvalue weighted by molar-refractivity contribution is 7.22. The molecule has 2 aromatic heterocycles. The molecule has 1 aliphatic rings. The van der Waals surface area contributed by atoms with Crippen LogP contribution in [0.5, 0.6) is 5.75 Å². The quantitative estimate of drug-likeness (QED) is 0.572. The molecule has 2 atom stereocenters. The van der Waals surface area contributed by atoms with Crippen molar-refractivity contribution < 1.29 is 27.1 Å². The zero-order chi connectivity index (χ0) is 21.3. The first-order valence-electron chi connectivity index (χ1n) is 9.13. The zero-order valence-corrected chi connectivity index (χ0v) is 16.2. The lowest BCUT2D eigenvalue weighted by Crippen LogP contribution is -2.43. The molecule has 2 heterocycles. The van der Waals surface area contributed by atoms with Gasteiger partial charge in [0, 0.05) is 18.3 Å². The molecule has 0 aliphatic heterocycles. The molecule has 0 spiro atoms. The molecule has 4 rings (SSSR count). The number of thiazole rings is 1. The van der Waals surface area contributed by atoms with Crippen molar-refractivity contribution in [3.05, 3.63) is 48.0 Å². The van der Waals surface area contributed by atoms with Crippen LogP contribution in [0.25, 0.3) is 10.2 Å². The standard InChI is InChI=1S/C19H16F4N4O2S/c20-10-6-7-13-15(9-10)30-18(27-13)26-12-4-1-3-11(12)25-17(28)16-14(5-2-8-24-16)29-19(21,22)23/h2,5-9,11-12H,1,3-4H2,(H,25,28)(H,26,27)/t11-,12-/m0/s1. The van der Waals surface area contributed by atoms with E-state index in [1.54, 1.807) is 6.07 Å². The molecular formula is C19H16F4N4O2S. The lowest BCUT2D eigenvalue weighted by atomic mass is 10.1. The van der Waals surface area contributed by atoms with Crippen molar-refractivity contribution in [2.45, 2.75) is 37.7 Å². The highest BCUT2D eigenvalue weighted by Gasteiger charge is 2.35. The minimum atomic E-state index is -4.93. The number of alkyl halides is 3. The van der Waals surface area contributed by atoms with E-state index in [1.807, 2.05) is 0 Å². The van der Waals surface area contributed by atoms with Gasteiger partial charge < -0.3 is 15.4 Å². The summed E-state index contributed by atoms with van der Waals surface area (Å²) < 4.78 is 55.7. The fourth-order valence-corrected chi connectivity index (χ4v) is 4.38. The number of ether oxygens (including phenoxy) is 1. The molecule has 1 aromatic carbocycles. The molecule has 1 saturated carbocycles. The van der Waals surface area contributed by atoms with Crippen LogP contribution in [-0.2, 0) is 0 Å². The summed E-state index contributed by atoms with van der Waals surface area (Å²) in [6.07, 6.45) is -1.50. The van der Waals surface area contributed by atoms with E-state index in [9.17, 15) is 22.4 Å². The van der Waals surface area contributed by atoms with Crippen molar-refractivity contribution in [2.75, 3.05) is 5.32 Å². The van der Waals surface area contributed by atoms with Gasteiger partial charge in [-0.2, -0.15) is 0 Å². The number of benzene rings is 1. The number of nitrogens with zero attached hydrogens (tertiary/aromatic N) is 2. The van der Waals surface area contributed by atoms with E-state index >= 15 is 0 Å². The summed E-state index contributed by atoms with van der Waals surface area (Å²) in [5.74, 6) is -1.76. The van der Waals surface area contributed by atoms with E-state index in [0.717, 1.165) is 18.9 Å². The average molecular weight is 440 g/mol. The van der Waals surface area contributed by atoms with Crippen LogP contribution in [0.4, 0.5) is 22.7 Å². The Labute approximate surface area is 172 Å². The van der Waals surface area contributed by atoms with Crippen LogP contribution in [0.15, 0.2) is 36.5 Å². The topological polar surface area (TPSA) is 76.1 Å². The van der Waals surface area contributed by atoms with Crippen molar-refractivity contribution in [2.24, 2.45) is 0 Å². The second-order valence-corrected chi connectivity index (χ2v) is 7.82. The Bertz CT molecular complexity index is 1070. The second-order valence-electron chi connectivity index (χ2n) is 6.79. The number of pyridine rings is 1. The van der Waals surface area contributed by atoms with Gasteiger partial charge in [-0.15, -0.1) is 13.2 Å². The summed E-state index contributed by atoms with van der Waals surface area (Å²) in [6, 6.07) is 6.11. The number of rotatable bonds is 5. The van der Waals surface area contributed by atoms with Crippen molar-refractivity contribution in [3.8, 4) is 5.75 Å². The number of nitrogens with one attached hydrogen (secondary N) is 2. The first-order chi connectivity index (χ1) is 14.3. The fourth-order valence-electron chi connectivity index (χ4n) is 3.43. The number of carbonyl (C=O) groups excluding carboxylic acids is 1. The third kappa shape index (κ3) is 4.61. The van der Waals surface area contributed by atoms with E-state index in [-0.39, 0.29) is 17.9 Å². The number of amides is 1. The van der Waals surface area contributed by atoms with Crippen molar-refractivity contribution >= 4 is 32.6 Å². The van der Waals surface area contributed by atoms with Crippen LogP contribution in [-0.4, -0.2) is 34.3 Å². The van der Waals surface area contributed by atoms with Gasteiger partial charge in [-0.25, -0.2) is 14.4 Å². The lowest BCUT2D eigenvalue weighted by Gasteiger charge is -2.22. The number of hydrogen-bond acceptors (Lipinski definition) is 6. The molecule has 158 valence electrons. The minimum absolute atomic E-state index is 0.171. The first kappa shape index (κ1) is 20.3. The van der Waals surface area contributed by atoms with E-state index in [1.165, 1.54) is 35.7 Å².